The minimum Gasteiger partial charge on any atom is -0.496 e. The second kappa shape index (κ2) is 8.83. The minimum atomic E-state index is -0.427. The Balaban J connectivity index is 1.74. The van der Waals surface area contributed by atoms with Crippen molar-refractivity contribution in [3.8, 4) is 11.5 Å². The molecule has 29 heavy (non-hydrogen) atoms. The fraction of sp³-hybridized carbons (Fsp3) is 0.143. The lowest BCUT2D eigenvalue weighted by molar-refractivity contribution is 0.101. The molecule has 1 amide bonds. The van der Waals surface area contributed by atoms with Crippen molar-refractivity contribution in [2.45, 2.75) is 6.92 Å². The molecule has 2 aromatic carbocycles. The molecule has 0 fully saturated rings. The monoisotopic (exact) mass is 392 g/mol. The molecule has 3 rings (SSSR count). The molecule has 2 N–H and O–H groups in total. The van der Waals surface area contributed by atoms with Gasteiger partial charge in [-0.1, -0.05) is 18.2 Å². The van der Waals surface area contributed by atoms with Crippen molar-refractivity contribution in [3.63, 3.8) is 0 Å². The fourth-order valence-corrected chi connectivity index (χ4v) is 2.68. The highest BCUT2D eigenvalue weighted by molar-refractivity contribution is 6.07. The zero-order valence-electron chi connectivity index (χ0n) is 16.2. The van der Waals surface area contributed by atoms with Gasteiger partial charge >= 0.3 is 0 Å². The van der Waals surface area contributed by atoms with Gasteiger partial charge in [-0.3, -0.25) is 9.59 Å². The zero-order chi connectivity index (χ0) is 20.8. The lowest BCUT2D eigenvalue weighted by Crippen LogP contribution is -2.16. The van der Waals surface area contributed by atoms with Crippen LogP contribution in [0.1, 0.15) is 27.6 Å². The summed E-state index contributed by atoms with van der Waals surface area (Å²) >= 11 is 0. The second-order valence-corrected chi connectivity index (χ2v) is 6.06. The Morgan fingerprint density at radius 2 is 1.48 bits per heavy atom. The van der Waals surface area contributed by atoms with Crippen molar-refractivity contribution in [3.05, 3.63) is 65.7 Å². The Morgan fingerprint density at radius 1 is 0.862 bits per heavy atom. The van der Waals surface area contributed by atoms with Crippen LogP contribution in [0.2, 0.25) is 0 Å². The van der Waals surface area contributed by atoms with Crippen LogP contribution in [0.15, 0.2) is 54.6 Å². The molecular formula is C21H20N4O4. The molecule has 0 radical (unpaired) electrons. The second-order valence-electron chi connectivity index (χ2n) is 6.06. The predicted octanol–water partition coefficient (Wildman–Crippen LogP) is 3.69. The summed E-state index contributed by atoms with van der Waals surface area (Å²) in [5.74, 6) is 1.06. The first-order valence-electron chi connectivity index (χ1n) is 8.76. The van der Waals surface area contributed by atoms with Gasteiger partial charge in [0.2, 0.25) is 0 Å². The van der Waals surface area contributed by atoms with Crippen LogP contribution in [-0.4, -0.2) is 36.1 Å². The van der Waals surface area contributed by atoms with Gasteiger partial charge in [-0.05, 0) is 43.3 Å². The molecule has 0 unspecified atom stereocenters. The van der Waals surface area contributed by atoms with Crippen LogP contribution < -0.4 is 20.1 Å². The van der Waals surface area contributed by atoms with E-state index in [2.05, 4.69) is 20.8 Å². The number of nitrogens with zero attached hydrogens (tertiary/aromatic N) is 2. The predicted molar refractivity (Wildman–Crippen MR) is 109 cm³/mol. The van der Waals surface area contributed by atoms with E-state index >= 15 is 0 Å². The van der Waals surface area contributed by atoms with E-state index in [1.807, 2.05) is 6.07 Å². The number of ether oxygens (including phenoxy) is 2. The van der Waals surface area contributed by atoms with Crippen LogP contribution in [0.3, 0.4) is 0 Å². The Hall–Kier alpha value is -3.94. The lowest BCUT2D eigenvalue weighted by atomic mass is 10.1. The summed E-state index contributed by atoms with van der Waals surface area (Å²) in [6.45, 7) is 1.51. The van der Waals surface area contributed by atoms with Gasteiger partial charge in [-0.25, -0.2) is 0 Å². The zero-order valence-corrected chi connectivity index (χ0v) is 16.2. The van der Waals surface area contributed by atoms with E-state index in [0.717, 1.165) is 0 Å². The first-order chi connectivity index (χ1) is 14.0. The van der Waals surface area contributed by atoms with E-state index in [-0.39, 0.29) is 17.2 Å². The highest BCUT2D eigenvalue weighted by atomic mass is 16.5. The normalized spacial score (nSPS) is 10.2. The smallest absolute Gasteiger partial charge is 0.264 e. The number of carbonyl (C=O) groups excluding carboxylic acids is 2. The molecule has 0 saturated carbocycles. The molecule has 8 nitrogen and oxygen atoms in total. The van der Waals surface area contributed by atoms with E-state index in [1.165, 1.54) is 21.1 Å². The molecule has 0 aliphatic heterocycles. The van der Waals surface area contributed by atoms with Gasteiger partial charge in [0.05, 0.1) is 14.2 Å². The molecule has 0 bridgehead atoms. The van der Waals surface area contributed by atoms with Gasteiger partial charge in [0.1, 0.15) is 17.1 Å². The quantitative estimate of drug-likeness (QED) is 0.591. The number of nitrogens with one attached hydrogen (secondary N) is 2. The largest absolute Gasteiger partial charge is 0.496 e. The van der Waals surface area contributed by atoms with Crippen molar-refractivity contribution in [2.24, 2.45) is 0 Å². The topological polar surface area (TPSA) is 102 Å². The first kappa shape index (κ1) is 19.8. The lowest BCUT2D eigenvalue weighted by Gasteiger charge is -2.12. The molecule has 8 heteroatoms. The van der Waals surface area contributed by atoms with Crippen molar-refractivity contribution in [1.29, 1.82) is 0 Å². The van der Waals surface area contributed by atoms with Gasteiger partial charge in [0.15, 0.2) is 17.4 Å². The molecule has 3 aromatic rings. The maximum atomic E-state index is 12.7. The Kier molecular flexibility index (Phi) is 6.03. The molecule has 1 aromatic heterocycles. The first-order valence-corrected chi connectivity index (χ1v) is 8.76. The van der Waals surface area contributed by atoms with Crippen LogP contribution >= 0.6 is 0 Å². The van der Waals surface area contributed by atoms with E-state index < -0.39 is 5.91 Å². The van der Waals surface area contributed by atoms with Crippen LogP contribution in [0, 0.1) is 0 Å². The minimum absolute atomic E-state index is 0.0236. The highest BCUT2D eigenvalue weighted by Gasteiger charge is 2.18. The summed E-state index contributed by atoms with van der Waals surface area (Å²) in [6.07, 6.45) is 0. The maximum Gasteiger partial charge on any atom is 0.264 e. The van der Waals surface area contributed by atoms with Crippen molar-refractivity contribution in [1.82, 2.24) is 10.2 Å². The third-order valence-electron chi connectivity index (χ3n) is 4.10. The van der Waals surface area contributed by atoms with Crippen molar-refractivity contribution < 1.29 is 19.1 Å². The Morgan fingerprint density at radius 3 is 2.07 bits per heavy atom. The number of benzene rings is 2. The molecule has 0 saturated heterocycles. The Labute approximate surface area is 167 Å². The van der Waals surface area contributed by atoms with E-state index in [4.69, 9.17) is 9.47 Å². The fourth-order valence-electron chi connectivity index (χ4n) is 2.68. The van der Waals surface area contributed by atoms with Crippen molar-refractivity contribution in [2.75, 3.05) is 24.9 Å². The number of rotatable bonds is 7. The molecule has 0 aliphatic rings. The summed E-state index contributed by atoms with van der Waals surface area (Å²) in [5, 5.41) is 13.8. The summed E-state index contributed by atoms with van der Waals surface area (Å²) < 4.78 is 10.5. The van der Waals surface area contributed by atoms with Gasteiger partial charge in [0, 0.05) is 11.3 Å². The van der Waals surface area contributed by atoms with Crippen LogP contribution in [0.5, 0.6) is 11.5 Å². The van der Waals surface area contributed by atoms with E-state index in [9.17, 15) is 9.59 Å². The average molecular weight is 392 g/mol. The number of hydrogen-bond acceptors (Lipinski definition) is 7. The molecule has 0 atom stereocenters. The number of ketones is 1. The highest BCUT2D eigenvalue weighted by Crippen LogP contribution is 2.29. The van der Waals surface area contributed by atoms with Gasteiger partial charge in [-0.15, -0.1) is 10.2 Å². The van der Waals surface area contributed by atoms with E-state index in [1.54, 1.807) is 48.5 Å². The molecule has 0 aliphatic carbocycles. The summed E-state index contributed by atoms with van der Waals surface area (Å²) in [5.41, 5.74) is 1.57. The summed E-state index contributed by atoms with van der Waals surface area (Å²) in [4.78, 5) is 24.2. The molecular weight excluding hydrogens is 372 g/mol. The number of carbonyl (C=O) groups is 2. The number of anilines is 3. The Bertz CT molecular complexity index is 1010. The number of aromatic nitrogens is 2. The van der Waals surface area contributed by atoms with E-state index in [0.29, 0.717) is 28.6 Å². The van der Waals surface area contributed by atoms with Crippen LogP contribution in [-0.2, 0) is 0 Å². The SMILES string of the molecule is COc1cccc(OC)c1C(=O)Nc1ccc(Nc2cccc(C(C)=O)c2)nn1. The van der Waals surface area contributed by atoms with Gasteiger partial charge < -0.3 is 20.1 Å². The summed E-state index contributed by atoms with van der Waals surface area (Å²) in [7, 11) is 2.96. The van der Waals surface area contributed by atoms with Crippen LogP contribution in [0.25, 0.3) is 0 Å². The average Bonchev–Trinajstić information content (AvgIpc) is 2.74. The maximum absolute atomic E-state index is 12.7. The molecule has 0 spiro atoms. The molecule has 148 valence electrons. The third kappa shape index (κ3) is 4.67. The summed E-state index contributed by atoms with van der Waals surface area (Å²) in [6, 6.07) is 15.4. The number of hydrogen-bond donors (Lipinski definition) is 2. The standard InChI is InChI=1S/C21H20N4O4/c1-13(26)14-6-4-7-15(12-14)22-18-10-11-19(25-24-18)23-21(27)20-16(28-2)8-5-9-17(20)29-3/h4-12H,1-3H3,(H,22,24)(H,23,25,27). The van der Waals surface area contributed by atoms with Gasteiger partial charge in [-0.2, -0.15) is 0 Å². The van der Waals surface area contributed by atoms with Gasteiger partial charge in [0.25, 0.3) is 5.91 Å². The number of Topliss-reactive ketones (excluding diaryl/α,β-unsaturated/α-hetero) is 1. The molecule has 1 heterocycles. The number of methoxy groups -OCH3 is 2. The third-order valence-corrected chi connectivity index (χ3v) is 4.10. The van der Waals surface area contributed by atoms with Crippen LogP contribution in [0.4, 0.5) is 17.3 Å². The number of amides is 1. The van der Waals surface area contributed by atoms with Crippen molar-refractivity contribution >= 4 is 29.0 Å².